The molecular formula is C30H40N8O3. The minimum absolute atomic E-state index is 0.130. The minimum atomic E-state index is -0.617. The van der Waals surface area contributed by atoms with Crippen LogP contribution in [0.2, 0.25) is 0 Å². The largest absolute Gasteiger partial charge is 0.444 e. The van der Waals surface area contributed by atoms with Crippen LogP contribution in [0.25, 0.3) is 11.1 Å². The summed E-state index contributed by atoms with van der Waals surface area (Å²) in [5.74, 6) is 0.511. The van der Waals surface area contributed by atoms with E-state index in [4.69, 9.17) is 4.74 Å². The number of rotatable bonds is 9. The van der Waals surface area contributed by atoms with Crippen LogP contribution in [0.15, 0.2) is 61.1 Å². The zero-order valence-electron chi connectivity index (χ0n) is 24.6. The Morgan fingerprint density at radius 1 is 0.927 bits per heavy atom. The van der Waals surface area contributed by atoms with Gasteiger partial charge in [0.15, 0.2) is 0 Å². The molecule has 11 heteroatoms. The summed E-state index contributed by atoms with van der Waals surface area (Å²) < 4.78 is 5.19. The maximum Gasteiger partial charge on any atom is 0.408 e. The Hall–Kier alpha value is -4.09. The van der Waals surface area contributed by atoms with E-state index < -0.39 is 11.7 Å². The van der Waals surface area contributed by atoms with Crippen LogP contribution >= 0.6 is 0 Å². The van der Waals surface area contributed by atoms with Gasteiger partial charge in [-0.1, -0.05) is 24.3 Å². The number of likely N-dealkylation sites (N-methyl/N-ethyl adjacent to an activating group) is 1. The van der Waals surface area contributed by atoms with E-state index in [1.807, 2.05) is 61.1 Å². The molecule has 0 spiro atoms. The number of hydrazine groups is 1. The third-order valence-corrected chi connectivity index (χ3v) is 6.67. The second-order valence-corrected chi connectivity index (χ2v) is 11.2. The summed E-state index contributed by atoms with van der Waals surface area (Å²) in [5, 5.41) is 7.07. The van der Waals surface area contributed by atoms with Gasteiger partial charge in [-0.25, -0.2) is 24.8 Å². The number of nitrogens with one attached hydrogen (secondary N) is 1. The number of piperazine rings is 1. The fourth-order valence-corrected chi connectivity index (χ4v) is 4.51. The van der Waals surface area contributed by atoms with Gasteiger partial charge in [0.05, 0.1) is 12.2 Å². The summed E-state index contributed by atoms with van der Waals surface area (Å²) in [5.41, 5.74) is 3.28. The van der Waals surface area contributed by atoms with E-state index in [1.54, 1.807) is 32.7 Å². The average molecular weight is 561 g/mol. The van der Waals surface area contributed by atoms with Gasteiger partial charge in [0.25, 0.3) is 0 Å². The third-order valence-electron chi connectivity index (χ3n) is 6.67. The van der Waals surface area contributed by atoms with Crippen molar-refractivity contribution in [3.05, 3.63) is 72.3 Å². The molecule has 1 N–H and O–H groups in total. The van der Waals surface area contributed by atoms with Gasteiger partial charge in [0.1, 0.15) is 12.1 Å². The number of hydrogen-bond donors (Lipinski definition) is 1. The quantitative estimate of drug-likeness (QED) is 0.422. The number of hydrogen-bond acceptors (Lipinski definition) is 9. The Labute approximate surface area is 242 Å². The maximum atomic E-state index is 12.5. The number of amides is 2. The maximum absolute atomic E-state index is 12.5. The minimum Gasteiger partial charge on any atom is -0.444 e. The van der Waals surface area contributed by atoms with E-state index in [0.29, 0.717) is 6.54 Å². The van der Waals surface area contributed by atoms with Crippen LogP contribution in [0.3, 0.4) is 0 Å². The number of alkyl carbamates (subject to hydrolysis) is 1. The van der Waals surface area contributed by atoms with Crippen molar-refractivity contribution in [1.82, 2.24) is 35.2 Å². The van der Waals surface area contributed by atoms with Gasteiger partial charge in [0.2, 0.25) is 11.9 Å². The molecule has 1 aliphatic heterocycles. The van der Waals surface area contributed by atoms with Crippen molar-refractivity contribution >= 4 is 17.9 Å². The highest BCUT2D eigenvalue weighted by Gasteiger charge is 2.22. The first kappa shape index (κ1) is 29.9. The molecule has 0 saturated carbocycles. The summed E-state index contributed by atoms with van der Waals surface area (Å²) in [6, 6.07) is 13.9. The van der Waals surface area contributed by atoms with E-state index in [2.05, 4.69) is 42.2 Å². The molecule has 1 fully saturated rings. The van der Waals surface area contributed by atoms with Crippen molar-refractivity contribution in [3.8, 4) is 11.1 Å². The smallest absolute Gasteiger partial charge is 0.408 e. The average Bonchev–Trinajstić information content (AvgIpc) is 2.96. The number of pyridine rings is 1. The highest BCUT2D eigenvalue weighted by molar-refractivity contribution is 5.82. The molecule has 0 radical (unpaired) electrons. The van der Waals surface area contributed by atoms with E-state index >= 15 is 0 Å². The number of carbonyl (C=O) groups excluding carboxylic acids is 2. The van der Waals surface area contributed by atoms with Gasteiger partial charge < -0.3 is 19.9 Å². The SMILES string of the molecule is CN(Cc1cccc(-c2cnc(N3CCN(N(C)Cc4ccccn4)CC3)nc2)c1)C(=O)CNC(=O)OC(C)(C)C. The van der Waals surface area contributed by atoms with Crippen LogP contribution in [0.5, 0.6) is 0 Å². The zero-order valence-corrected chi connectivity index (χ0v) is 24.6. The molecule has 0 aliphatic carbocycles. The lowest BCUT2D eigenvalue weighted by Crippen LogP contribution is -2.52. The summed E-state index contributed by atoms with van der Waals surface area (Å²) in [6.45, 7) is 9.82. The first-order valence-corrected chi connectivity index (χ1v) is 13.8. The van der Waals surface area contributed by atoms with Crippen molar-refractivity contribution < 1.29 is 14.3 Å². The molecule has 3 heterocycles. The monoisotopic (exact) mass is 560 g/mol. The third kappa shape index (κ3) is 8.95. The van der Waals surface area contributed by atoms with Crippen molar-refractivity contribution in [2.75, 3.05) is 51.7 Å². The van der Waals surface area contributed by atoms with Gasteiger partial charge in [-0.05, 0) is 50.1 Å². The van der Waals surface area contributed by atoms with Crippen molar-refractivity contribution in [2.24, 2.45) is 0 Å². The molecule has 2 amide bonds. The molecular weight excluding hydrogens is 520 g/mol. The van der Waals surface area contributed by atoms with Gasteiger partial charge in [-0.3, -0.25) is 9.78 Å². The second kappa shape index (κ2) is 13.5. The van der Waals surface area contributed by atoms with Crippen LogP contribution in [0.4, 0.5) is 10.7 Å². The first-order valence-electron chi connectivity index (χ1n) is 13.8. The van der Waals surface area contributed by atoms with Crippen LogP contribution in [-0.4, -0.2) is 94.3 Å². The van der Waals surface area contributed by atoms with E-state index in [9.17, 15) is 9.59 Å². The second-order valence-electron chi connectivity index (χ2n) is 11.2. The Morgan fingerprint density at radius 2 is 1.66 bits per heavy atom. The molecule has 1 aliphatic rings. The predicted molar refractivity (Wildman–Crippen MR) is 158 cm³/mol. The molecule has 0 unspecified atom stereocenters. The standard InChI is InChI=1S/C30H40N8O3/c1-30(2,3)41-29(40)34-20-27(39)35(4)21-23-9-8-10-24(17-23)25-18-32-28(33-19-25)37-13-15-38(16-14-37)36(5)22-26-11-6-7-12-31-26/h6-12,17-19H,13-16,20-22H2,1-5H3,(H,34,40). The molecule has 41 heavy (non-hydrogen) atoms. The molecule has 3 aromatic rings. The van der Waals surface area contributed by atoms with Crippen LogP contribution in [0.1, 0.15) is 32.0 Å². The van der Waals surface area contributed by atoms with Gasteiger partial charge >= 0.3 is 6.09 Å². The Balaban J connectivity index is 1.28. The molecule has 4 rings (SSSR count). The fraction of sp³-hybridized carbons (Fsp3) is 0.433. The molecule has 11 nitrogen and oxygen atoms in total. The van der Waals surface area contributed by atoms with Crippen LogP contribution in [0, 0.1) is 0 Å². The summed E-state index contributed by atoms with van der Waals surface area (Å²) in [7, 11) is 3.80. The van der Waals surface area contributed by atoms with Crippen LogP contribution in [-0.2, 0) is 22.6 Å². The van der Waals surface area contributed by atoms with Gasteiger partial charge in [-0.2, -0.15) is 0 Å². The number of nitrogens with zero attached hydrogens (tertiary/aromatic N) is 7. The Bertz CT molecular complexity index is 1290. The lowest BCUT2D eigenvalue weighted by atomic mass is 10.1. The van der Waals surface area contributed by atoms with Crippen molar-refractivity contribution in [1.29, 1.82) is 0 Å². The highest BCUT2D eigenvalue weighted by Crippen LogP contribution is 2.22. The van der Waals surface area contributed by atoms with E-state index in [0.717, 1.165) is 61.1 Å². The lowest BCUT2D eigenvalue weighted by Gasteiger charge is -2.39. The summed E-state index contributed by atoms with van der Waals surface area (Å²) in [6.07, 6.45) is 4.91. The molecule has 1 aromatic carbocycles. The number of ether oxygens (including phenoxy) is 1. The Morgan fingerprint density at radius 3 is 2.32 bits per heavy atom. The van der Waals surface area contributed by atoms with Crippen molar-refractivity contribution in [3.63, 3.8) is 0 Å². The first-order chi connectivity index (χ1) is 19.6. The predicted octanol–water partition coefficient (Wildman–Crippen LogP) is 3.19. The van der Waals surface area contributed by atoms with Gasteiger partial charge in [0, 0.05) is 71.0 Å². The number of anilines is 1. The topological polar surface area (TPSA) is 107 Å². The van der Waals surface area contributed by atoms with Crippen LogP contribution < -0.4 is 10.2 Å². The normalized spacial score (nSPS) is 14.1. The molecule has 218 valence electrons. The molecule has 0 atom stereocenters. The molecule has 1 saturated heterocycles. The number of aromatic nitrogens is 3. The molecule has 0 bridgehead atoms. The van der Waals surface area contributed by atoms with Gasteiger partial charge in [-0.15, -0.1) is 0 Å². The highest BCUT2D eigenvalue weighted by atomic mass is 16.6. The molecule has 2 aromatic heterocycles. The number of carbonyl (C=O) groups is 2. The Kier molecular flexibility index (Phi) is 9.85. The fourth-order valence-electron chi connectivity index (χ4n) is 4.51. The summed E-state index contributed by atoms with van der Waals surface area (Å²) in [4.78, 5) is 41.9. The van der Waals surface area contributed by atoms with Crippen molar-refractivity contribution in [2.45, 2.75) is 39.5 Å². The zero-order chi connectivity index (χ0) is 29.4. The number of benzene rings is 1. The summed E-state index contributed by atoms with van der Waals surface area (Å²) >= 11 is 0. The van der Waals surface area contributed by atoms with E-state index in [-0.39, 0.29) is 12.5 Å². The van der Waals surface area contributed by atoms with E-state index in [1.165, 1.54) is 0 Å². The lowest BCUT2D eigenvalue weighted by molar-refractivity contribution is -0.129.